The Bertz CT molecular complexity index is 633. The Morgan fingerprint density at radius 1 is 1.05 bits per heavy atom. The highest BCUT2D eigenvalue weighted by Crippen LogP contribution is 2.31. The van der Waals surface area contributed by atoms with Gasteiger partial charge in [0.15, 0.2) is 11.5 Å². The fourth-order valence-corrected chi connectivity index (χ4v) is 2.39. The van der Waals surface area contributed by atoms with Gasteiger partial charge in [0.05, 0.1) is 5.69 Å². The van der Waals surface area contributed by atoms with Crippen LogP contribution in [0.15, 0.2) is 40.9 Å². The molecule has 1 N–H and O–H groups in total. The number of fused-ring (bicyclic) bond motifs is 1. The number of hydrogen-bond acceptors (Lipinski definition) is 3. The quantitative estimate of drug-likeness (QED) is 0.919. The normalized spacial score (nSPS) is 13.1. The number of ether oxygens (including phenoxy) is 2. The van der Waals surface area contributed by atoms with Crippen molar-refractivity contribution in [1.82, 2.24) is 0 Å². The molecule has 1 aliphatic heterocycles. The van der Waals surface area contributed by atoms with Crippen LogP contribution in [0, 0.1) is 5.82 Å². The molecular formula is C15H13BrFNO2. The molecular weight excluding hydrogens is 325 g/mol. The van der Waals surface area contributed by atoms with E-state index in [9.17, 15) is 4.39 Å². The van der Waals surface area contributed by atoms with Gasteiger partial charge in [-0.2, -0.15) is 0 Å². The second-order valence-corrected chi connectivity index (χ2v) is 5.37. The summed E-state index contributed by atoms with van der Waals surface area (Å²) in [4.78, 5) is 0. The van der Waals surface area contributed by atoms with Crippen molar-refractivity contribution < 1.29 is 13.9 Å². The molecule has 0 saturated carbocycles. The van der Waals surface area contributed by atoms with E-state index < -0.39 is 0 Å². The molecule has 0 unspecified atom stereocenters. The number of anilines is 1. The lowest BCUT2D eigenvalue weighted by molar-refractivity contribution is 0.171. The van der Waals surface area contributed by atoms with Crippen molar-refractivity contribution in [2.75, 3.05) is 18.5 Å². The zero-order valence-electron chi connectivity index (χ0n) is 10.7. The SMILES string of the molecule is Fc1ccc(Br)cc1NCc1ccc2c(c1)OCCO2. The first-order chi connectivity index (χ1) is 9.72. The van der Waals surface area contributed by atoms with Gasteiger partial charge in [0.1, 0.15) is 19.0 Å². The van der Waals surface area contributed by atoms with Crippen molar-refractivity contribution in [3.63, 3.8) is 0 Å². The Morgan fingerprint density at radius 3 is 2.70 bits per heavy atom. The Labute approximate surface area is 124 Å². The van der Waals surface area contributed by atoms with Gasteiger partial charge >= 0.3 is 0 Å². The van der Waals surface area contributed by atoms with Gasteiger partial charge in [0.25, 0.3) is 0 Å². The molecule has 2 aromatic rings. The first kappa shape index (κ1) is 13.2. The third-order valence-electron chi connectivity index (χ3n) is 3.02. The smallest absolute Gasteiger partial charge is 0.161 e. The summed E-state index contributed by atoms with van der Waals surface area (Å²) in [5.41, 5.74) is 1.47. The fraction of sp³-hybridized carbons (Fsp3) is 0.200. The van der Waals surface area contributed by atoms with E-state index in [2.05, 4.69) is 21.2 Å². The summed E-state index contributed by atoms with van der Waals surface area (Å²) in [7, 11) is 0. The van der Waals surface area contributed by atoms with Crippen LogP contribution in [0.3, 0.4) is 0 Å². The summed E-state index contributed by atoms with van der Waals surface area (Å²) in [6, 6.07) is 10.5. The average molecular weight is 338 g/mol. The van der Waals surface area contributed by atoms with Crippen LogP contribution >= 0.6 is 15.9 Å². The Balaban J connectivity index is 1.73. The highest BCUT2D eigenvalue weighted by atomic mass is 79.9. The minimum Gasteiger partial charge on any atom is -0.486 e. The van der Waals surface area contributed by atoms with E-state index in [0.717, 1.165) is 21.5 Å². The monoisotopic (exact) mass is 337 g/mol. The van der Waals surface area contributed by atoms with Crippen LogP contribution in [-0.2, 0) is 6.54 Å². The van der Waals surface area contributed by atoms with Crippen molar-refractivity contribution in [2.45, 2.75) is 6.54 Å². The van der Waals surface area contributed by atoms with Gasteiger partial charge in [0.2, 0.25) is 0 Å². The van der Waals surface area contributed by atoms with Crippen LogP contribution in [0.25, 0.3) is 0 Å². The maximum absolute atomic E-state index is 13.6. The number of benzene rings is 2. The summed E-state index contributed by atoms with van der Waals surface area (Å²) in [6.07, 6.45) is 0. The van der Waals surface area contributed by atoms with Gasteiger partial charge in [-0.1, -0.05) is 22.0 Å². The predicted octanol–water partition coefficient (Wildman–Crippen LogP) is 3.97. The van der Waals surface area contributed by atoms with Crippen LogP contribution in [0.2, 0.25) is 0 Å². The first-order valence-corrected chi connectivity index (χ1v) is 7.09. The molecule has 0 radical (unpaired) electrons. The van der Waals surface area contributed by atoms with E-state index in [-0.39, 0.29) is 5.82 Å². The van der Waals surface area contributed by atoms with Gasteiger partial charge < -0.3 is 14.8 Å². The first-order valence-electron chi connectivity index (χ1n) is 6.30. The third-order valence-corrected chi connectivity index (χ3v) is 3.51. The van der Waals surface area contributed by atoms with Crippen molar-refractivity contribution in [1.29, 1.82) is 0 Å². The van der Waals surface area contributed by atoms with E-state index in [4.69, 9.17) is 9.47 Å². The molecule has 0 saturated heterocycles. The Morgan fingerprint density at radius 2 is 1.85 bits per heavy atom. The topological polar surface area (TPSA) is 30.5 Å². The van der Waals surface area contributed by atoms with E-state index in [0.29, 0.717) is 25.4 Å². The molecule has 0 fully saturated rings. The van der Waals surface area contributed by atoms with Crippen molar-refractivity contribution in [3.05, 3.63) is 52.3 Å². The molecule has 0 amide bonds. The van der Waals surface area contributed by atoms with E-state index >= 15 is 0 Å². The molecule has 104 valence electrons. The number of rotatable bonds is 3. The molecule has 2 aromatic carbocycles. The lowest BCUT2D eigenvalue weighted by atomic mass is 10.2. The summed E-state index contributed by atoms with van der Waals surface area (Å²) in [5, 5.41) is 3.08. The van der Waals surface area contributed by atoms with Crippen LogP contribution in [0.1, 0.15) is 5.56 Å². The third kappa shape index (κ3) is 2.88. The van der Waals surface area contributed by atoms with Gasteiger partial charge in [0, 0.05) is 11.0 Å². The van der Waals surface area contributed by atoms with Crippen LogP contribution in [-0.4, -0.2) is 13.2 Å². The minimum absolute atomic E-state index is 0.272. The second kappa shape index (κ2) is 5.71. The molecule has 1 heterocycles. The van der Waals surface area contributed by atoms with Gasteiger partial charge in [-0.25, -0.2) is 4.39 Å². The van der Waals surface area contributed by atoms with Gasteiger partial charge in [-0.05, 0) is 35.9 Å². The van der Waals surface area contributed by atoms with Crippen LogP contribution < -0.4 is 14.8 Å². The molecule has 0 bridgehead atoms. The zero-order chi connectivity index (χ0) is 13.9. The number of halogens is 2. The minimum atomic E-state index is -0.272. The molecule has 0 aromatic heterocycles. The molecule has 3 nitrogen and oxygen atoms in total. The number of hydrogen-bond donors (Lipinski definition) is 1. The predicted molar refractivity (Wildman–Crippen MR) is 78.9 cm³/mol. The fourth-order valence-electron chi connectivity index (χ4n) is 2.03. The molecule has 5 heteroatoms. The lowest BCUT2D eigenvalue weighted by Gasteiger charge is -2.19. The van der Waals surface area contributed by atoms with Gasteiger partial charge in [-0.15, -0.1) is 0 Å². The van der Waals surface area contributed by atoms with Crippen molar-refractivity contribution in [2.24, 2.45) is 0 Å². The molecule has 1 aliphatic rings. The van der Waals surface area contributed by atoms with Crippen molar-refractivity contribution in [3.8, 4) is 11.5 Å². The van der Waals surface area contributed by atoms with E-state index in [1.165, 1.54) is 6.07 Å². The average Bonchev–Trinajstić information content (AvgIpc) is 2.48. The highest BCUT2D eigenvalue weighted by Gasteiger charge is 2.11. The summed E-state index contributed by atoms with van der Waals surface area (Å²) >= 11 is 3.33. The Kier molecular flexibility index (Phi) is 3.78. The van der Waals surface area contributed by atoms with E-state index in [1.807, 2.05) is 18.2 Å². The van der Waals surface area contributed by atoms with Crippen LogP contribution in [0.5, 0.6) is 11.5 Å². The lowest BCUT2D eigenvalue weighted by Crippen LogP contribution is -2.15. The summed E-state index contributed by atoms with van der Waals surface area (Å²) in [5.74, 6) is 1.23. The molecule has 20 heavy (non-hydrogen) atoms. The molecule has 0 aliphatic carbocycles. The summed E-state index contributed by atoms with van der Waals surface area (Å²) in [6.45, 7) is 1.65. The maximum atomic E-state index is 13.6. The second-order valence-electron chi connectivity index (χ2n) is 4.46. The zero-order valence-corrected chi connectivity index (χ0v) is 12.2. The van der Waals surface area contributed by atoms with E-state index in [1.54, 1.807) is 12.1 Å². The largest absolute Gasteiger partial charge is 0.486 e. The highest BCUT2D eigenvalue weighted by molar-refractivity contribution is 9.10. The standard InChI is InChI=1S/C15H13BrFNO2/c16-11-2-3-12(17)13(8-11)18-9-10-1-4-14-15(7-10)20-6-5-19-14/h1-4,7-8,18H,5-6,9H2. The molecule has 3 rings (SSSR count). The Hall–Kier alpha value is -1.75. The number of nitrogens with one attached hydrogen (secondary N) is 1. The van der Waals surface area contributed by atoms with Gasteiger partial charge in [-0.3, -0.25) is 0 Å². The van der Waals surface area contributed by atoms with Crippen molar-refractivity contribution >= 4 is 21.6 Å². The van der Waals surface area contributed by atoms with Crippen LogP contribution in [0.4, 0.5) is 10.1 Å². The molecule has 0 spiro atoms. The molecule has 0 atom stereocenters. The summed E-state index contributed by atoms with van der Waals surface area (Å²) < 4.78 is 25.4. The maximum Gasteiger partial charge on any atom is 0.161 e.